The fraction of sp³-hybridized carbons (Fsp3) is 0.0909. The number of rotatable bonds is 3. The Morgan fingerprint density at radius 1 is 1.18 bits per heavy atom. The van der Waals surface area contributed by atoms with Crippen LogP contribution in [0.2, 0.25) is 0 Å². The quantitative estimate of drug-likeness (QED) is 0.772. The van der Waals surface area contributed by atoms with E-state index in [1.165, 1.54) is 6.07 Å². The molecule has 1 aromatic carbocycles. The molecular formula is C11H7Br2F2NS. The van der Waals surface area contributed by atoms with Gasteiger partial charge in [-0.1, -0.05) is 0 Å². The van der Waals surface area contributed by atoms with E-state index in [9.17, 15) is 8.78 Å². The molecule has 17 heavy (non-hydrogen) atoms. The lowest BCUT2D eigenvalue weighted by molar-refractivity contribution is 0.583. The van der Waals surface area contributed by atoms with Gasteiger partial charge in [-0.2, -0.15) is 0 Å². The summed E-state index contributed by atoms with van der Waals surface area (Å²) < 4.78 is 27.8. The topological polar surface area (TPSA) is 12.0 Å². The zero-order valence-corrected chi connectivity index (χ0v) is 12.4. The van der Waals surface area contributed by atoms with Crippen molar-refractivity contribution in [2.75, 3.05) is 5.32 Å². The van der Waals surface area contributed by atoms with E-state index in [1.54, 1.807) is 11.3 Å². The third-order valence-electron chi connectivity index (χ3n) is 2.08. The smallest absolute Gasteiger partial charge is 0.150 e. The number of nitrogens with one attached hydrogen (secondary N) is 1. The largest absolute Gasteiger partial charge is 0.377 e. The van der Waals surface area contributed by atoms with Crippen LogP contribution in [0.25, 0.3) is 0 Å². The van der Waals surface area contributed by atoms with Crippen molar-refractivity contribution in [3.05, 3.63) is 49.0 Å². The van der Waals surface area contributed by atoms with Gasteiger partial charge in [0.05, 0.1) is 9.47 Å². The van der Waals surface area contributed by atoms with Gasteiger partial charge < -0.3 is 5.32 Å². The number of anilines is 1. The molecule has 1 N–H and O–H groups in total. The standard InChI is InChI=1S/C11H7Br2F2NS/c12-8-3-6(14)4-9(15)11(8)16-5-7-1-2-10(13)17-7/h1-4,16H,5H2. The molecule has 1 aromatic heterocycles. The second-order valence-electron chi connectivity index (χ2n) is 3.30. The van der Waals surface area contributed by atoms with Crippen LogP contribution in [0.3, 0.4) is 0 Å². The molecule has 0 bridgehead atoms. The maximum Gasteiger partial charge on any atom is 0.150 e. The third-order valence-corrected chi connectivity index (χ3v) is 4.32. The summed E-state index contributed by atoms with van der Waals surface area (Å²) in [5, 5.41) is 2.94. The van der Waals surface area contributed by atoms with Crippen LogP contribution in [0.15, 0.2) is 32.5 Å². The van der Waals surface area contributed by atoms with Crippen LogP contribution in [0.5, 0.6) is 0 Å². The Hall–Kier alpha value is -0.460. The molecule has 1 heterocycles. The van der Waals surface area contributed by atoms with Crippen molar-refractivity contribution in [3.8, 4) is 0 Å². The van der Waals surface area contributed by atoms with Gasteiger partial charge in [0.2, 0.25) is 0 Å². The van der Waals surface area contributed by atoms with Gasteiger partial charge in [0, 0.05) is 22.0 Å². The molecule has 1 nitrogen and oxygen atoms in total. The van der Waals surface area contributed by atoms with E-state index in [0.29, 0.717) is 11.0 Å². The predicted octanol–water partition coefficient (Wildman–Crippen LogP) is 5.16. The van der Waals surface area contributed by atoms with Gasteiger partial charge in [0.25, 0.3) is 0 Å². The van der Waals surface area contributed by atoms with Crippen molar-refractivity contribution in [2.24, 2.45) is 0 Å². The minimum absolute atomic E-state index is 0.274. The van der Waals surface area contributed by atoms with E-state index in [4.69, 9.17) is 0 Å². The van der Waals surface area contributed by atoms with Gasteiger partial charge in [-0.25, -0.2) is 8.78 Å². The molecule has 0 aliphatic carbocycles. The monoisotopic (exact) mass is 381 g/mol. The van der Waals surface area contributed by atoms with E-state index in [0.717, 1.165) is 14.7 Å². The lowest BCUT2D eigenvalue weighted by Crippen LogP contribution is -2.01. The molecule has 0 atom stereocenters. The summed E-state index contributed by atoms with van der Waals surface area (Å²) in [7, 11) is 0. The number of hydrogen-bond acceptors (Lipinski definition) is 2. The molecule has 0 aliphatic heterocycles. The predicted molar refractivity (Wildman–Crippen MR) is 73.4 cm³/mol. The molecule has 90 valence electrons. The van der Waals surface area contributed by atoms with Crippen LogP contribution >= 0.6 is 43.2 Å². The van der Waals surface area contributed by atoms with Crippen LogP contribution < -0.4 is 5.32 Å². The summed E-state index contributed by atoms with van der Waals surface area (Å²) >= 11 is 8.05. The van der Waals surface area contributed by atoms with Crippen LogP contribution in [0.4, 0.5) is 14.5 Å². The highest BCUT2D eigenvalue weighted by atomic mass is 79.9. The van der Waals surface area contributed by atoms with E-state index in [2.05, 4.69) is 37.2 Å². The average Bonchev–Trinajstić information content (AvgIpc) is 2.62. The van der Waals surface area contributed by atoms with Crippen LogP contribution in [0.1, 0.15) is 4.88 Å². The fourth-order valence-electron chi connectivity index (χ4n) is 1.33. The van der Waals surface area contributed by atoms with Crippen LogP contribution in [-0.4, -0.2) is 0 Å². The Kier molecular flexibility index (Phi) is 4.17. The molecule has 6 heteroatoms. The average molecular weight is 383 g/mol. The molecule has 0 saturated carbocycles. The van der Waals surface area contributed by atoms with Gasteiger partial charge in [-0.3, -0.25) is 0 Å². The van der Waals surface area contributed by atoms with Crippen LogP contribution in [0, 0.1) is 11.6 Å². The number of thiophene rings is 1. The Morgan fingerprint density at radius 3 is 2.53 bits per heavy atom. The maximum absolute atomic E-state index is 13.5. The summed E-state index contributed by atoms with van der Waals surface area (Å²) in [6.45, 7) is 0.497. The Bertz CT molecular complexity index is 519. The van der Waals surface area contributed by atoms with Crippen molar-refractivity contribution >= 4 is 48.9 Å². The number of halogens is 4. The molecular weight excluding hydrogens is 376 g/mol. The highest BCUT2D eigenvalue weighted by molar-refractivity contribution is 9.11. The highest BCUT2D eigenvalue weighted by Crippen LogP contribution is 2.28. The number of benzene rings is 1. The lowest BCUT2D eigenvalue weighted by atomic mass is 10.3. The summed E-state index contributed by atoms with van der Waals surface area (Å²) in [5.41, 5.74) is 0.274. The molecule has 0 fully saturated rings. The van der Waals surface area contributed by atoms with Crippen molar-refractivity contribution in [1.82, 2.24) is 0 Å². The Morgan fingerprint density at radius 2 is 1.94 bits per heavy atom. The zero-order valence-electron chi connectivity index (χ0n) is 8.44. The van der Waals surface area contributed by atoms with Crippen molar-refractivity contribution < 1.29 is 8.78 Å². The molecule has 2 rings (SSSR count). The summed E-state index contributed by atoms with van der Waals surface area (Å²) in [6.07, 6.45) is 0. The number of hydrogen-bond donors (Lipinski definition) is 1. The molecule has 0 aliphatic rings. The maximum atomic E-state index is 13.5. The SMILES string of the molecule is Fc1cc(F)c(NCc2ccc(Br)s2)c(Br)c1. The molecule has 0 unspecified atom stereocenters. The fourth-order valence-corrected chi connectivity index (χ4v) is 3.30. The molecule has 0 amide bonds. The Balaban J connectivity index is 2.14. The van der Waals surface area contributed by atoms with Crippen molar-refractivity contribution in [1.29, 1.82) is 0 Å². The van der Waals surface area contributed by atoms with Gasteiger partial charge in [-0.05, 0) is 50.1 Å². The first-order valence-electron chi connectivity index (χ1n) is 4.69. The van der Waals surface area contributed by atoms with Crippen molar-refractivity contribution in [2.45, 2.75) is 6.54 Å². The molecule has 0 saturated heterocycles. The van der Waals surface area contributed by atoms with E-state index >= 15 is 0 Å². The highest BCUT2D eigenvalue weighted by Gasteiger charge is 2.09. The van der Waals surface area contributed by atoms with E-state index in [1.807, 2.05) is 12.1 Å². The lowest BCUT2D eigenvalue weighted by Gasteiger charge is -2.08. The van der Waals surface area contributed by atoms with Gasteiger partial charge in [0.15, 0.2) is 0 Å². The first-order chi connectivity index (χ1) is 8.06. The summed E-state index contributed by atoms with van der Waals surface area (Å²) in [5.74, 6) is -1.20. The molecule has 0 spiro atoms. The second kappa shape index (κ2) is 5.46. The minimum Gasteiger partial charge on any atom is -0.377 e. The van der Waals surface area contributed by atoms with Gasteiger partial charge in [0.1, 0.15) is 11.6 Å². The first kappa shape index (κ1) is 13.0. The van der Waals surface area contributed by atoms with Crippen LogP contribution in [-0.2, 0) is 6.54 Å². The molecule has 2 aromatic rings. The van der Waals surface area contributed by atoms with E-state index < -0.39 is 11.6 Å². The zero-order chi connectivity index (χ0) is 12.4. The van der Waals surface area contributed by atoms with Gasteiger partial charge in [-0.15, -0.1) is 11.3 Å². The Labute approximate surface area is 118 Å². The summed E-state index contributed by atoms with van der Waals surface area (Å²) in [6, 6.07) is 5.96. The van der Waals surface area contributed by atoms with E-state index in [-0.39, 0.29) is 5.69 Å². The molecule has 0 radical (unpaired) electrons. The first-order valence-corrected chi connectivity index (χ1v) is 7.09. The summed E-state index contributed by atoms with van der Waals surface area (Å²) in [4.78, 5) is 1.06. The minimum atomic E-state index is -0.604. The normalized spacial score (nSPS) is 10.6. The second-order valence-corrected chi connectivity index (χ2v) is 6.71. The third kappa shape index (κ3) is 3.26. The van der Waals surface area contributed by atoms with Gasteiger partial charge >= 0.3 is 0 Å². The van der Waals surface area contributed by atoms with Crippen molar-refractivity contribution in [3.63, 3.8) is 0 Å².